The fourth-order valence-corrected chi connectivity index (χ4v) is 6.91. The molecular formula is C22H36N4OS. The van der Waals surface area contributed by atoms with Crippen LogP contribution in [0.1, 0.15) is 65.2 Å². The predicted octanol–water partition coefficient (Wildman–Crippen LogP) is 3.59. The molecule has 0 radical (unpaired) electrons. The van der Waals surface area contributed by atoms with Gasteiger partial charge in [0.05, 0.1) is 18.5 Å². The van der Waals surface area contributed by atoms with E-state index in [1.54, 1.807) is 5.57 Å². The van der Waals surface area contributed by atoms with Gasteiger partial charge in [0.1, 0.15) is 11.2 Å². The number of aliphatic hydroxyl groups is 1. The highest BCUT2D eigenvalue weighted by atomic mass is 32.2. The molecule has 4 rings (SSSR count). The molecule has 4 unspecified atom stereocenters. The summed E-state index contributed by atoms with van der Waals surface area (Å²) in [5, 5.41) is 14.4. The molecule has 0 aromatic carbocycles. The number of fused-ring (bicyclic) bond motifs is 2. The zero-order valence-electron chi connectivity index (χ0n) is 17.6. The van der Waals surface area contributed by atoms with Crippen molar-refractivity contribution in [3.63, 3.8) is 0 Å². The van der Waals surface area contributed by atoms with Crippen LogP contribution in [0.25, 0.3) is 0 Å². The molecule has 2 fully saturated rings. The fraction of sp³-hybridized carbons (Fsp3) is 0.818. The highest BCUT2D eigenvalue weighted by molar-refractivity contribution is 8.01. The van der Waals surface area contributed by atoms with E-state index >= 15 is 0 Å². The van der Waals surface area contributed by atoms with Crippen molar-refractivity contribution in [1.82, 2.24) is 10.2 Å². The number of hydrogen-bond acceptors (Lipinski definition) is 5. The maximum absolute atomic E-state index is 10.2. The van der Waals surface area contributed by atoms with Gasteiger partial charge in [0.2, 0.25) is 0 Å². The van der Waals surface area contributed by atoms with Crippen molar-refractivity contribution in [2.45, 2.75) is 94.0 Å². The number of nitrogens with one attached hydrogen (secondary N) is 1. The third-order valence-corrected chi connectivity index (χ3v) is 8.64. The van der Waals surface area contributed by atoms with E-state index in [4.69, 9.17) is 9.98 Å². The molecule has 0 saturated heterocycles. The Hall–Kier alpha value is -0.850. The Balaban J connectivity index is 1.53. The van der Waals surface area contributed by atoms with Crippen LogP contribution in [0.4, 0.5) is 0 Å². The lowest BCUT2D eigenvalue weighted by atomic mass is 9.89. The molecule has 0 bridgehead atoms. The Labute approximate surface area is 174 Å². The number of hydrogen-bond donors (Lipinski definition) is 2. The molecule has 4 aliphatic rings. The third-order valence-electron chi connectivity index (χ3n) is 7.21. The summed E-state index contributed by atoms with van der Waals surface area (Å²) in [6.07, 6.45) is 10.7. The largest absolute Gasteiger partial charge is 0.393 e. The molecule has 0 aromatic rings. The van der Waals surface area contributed by atoms with Crippen LogP contribution in [-0.4, -0.2) is 64.6 Å². The van der Waals surface area contributed by atoms with Crippen molar-refractivity contribution in [3.05, 3.63) is 11.1 Å². The van der Waals surface area contributed by atoms with Crippen LogP contribution in [0.15, 0.2) is 21.1 Å². The van der Waals surface area contributed by atoms with E-state index in [9.17, 15) is 5.11 Å². The number of rotatable bonds is 6. The number of aliphatic hydroxyl groups excluding tert-OH is 1. The Morgan fingerprint density at radius 2 is 2.04 bits per heavy atom. The number of thioether (sulfide) groups is 1. The molecule has 4 atom stereocenters. The van der Waals surface area contributed by atoms with Crippen LogP contribution < -0.4 is 5.32 Å². The first kappa shape index (κ1) is 20.4. The van der Waals surface area contributed by atoms with Gasteiger partial charge in [-0.2, -0.15) is 0 Å². The lowest BCUT2D eigenvalue weighted by Crippen LogP contribution is -2.38. The normalized spacial score (nSPS) is 37.3. The molecule has 0 spiro atoms. The highest BCUT2D eigenvalue weighted by Crippen LogP contribution is 2.52. The van der Waals surface area contributed by atoms with Gasteiger partial charge in [-0.3, -0.25) is 9.98 Å². The molecule has 2 aliphatic carbocycles. The Bertz CT molecular complexity index is 653. The van der Waals surface area contributed by atoms with Crippen LogP contribution in [0.2, 0.25) is 0 Å². The van der Waals surface area contributed by atoms with Crippen molar-refractivity contribution in [1.29, 1.82) is 0 Å². The molecule has 0 amide bonds. The Kier molecular flexibility index (Phi) is 6.48. The minimum absolute atomic E-state index is 0.188. The molecule has 156 valence electrons. The summed E-state index contributed by atoms with van der Waals surface area (Å²) in [6, 6.07) is 1.15. The second-order valence-corrected chi connectivity index (χ2v) is 10.1. The maximum atomic E-state index is 10.2. The number of nitrogens with zero attached hydrogens (tertiary/aromatic N) is 3. The molecule has 2 saturated carbocycles. The van der Waals surface area contributed by atoms with Crippen LogP contribution in [-0.2, 0) is 0 Å². The first-order chi connectivity index (χ1) is 13.6. The molecular weight excluding hydrogens is 368 g/mol. The van der Waals surface area contributed by atoms with Gasteiger partial charge in [0.25, 0.3) is 0 Å². The Morgan fingerprint density at radius 1 is 1.25 bits per heavy atom. The van der Waals surface area contributed by atoms with Crippen molar-refractivity contribution < 1.29 is 5.11 Å². The van der Waals surface area contributed by atoms with Crippen molar-refractivity contribution in [2.75, 3.05) is 13.6 Å². The van der Waals surface area contributed by atoms with E-state index in [0.29, 0.717) is 17.2 Å². The SMILES string of the molecule is CCC(O)CC1CCC2SC3N=CNC(=NC4CCC(N(C)CC)CC4)C3=C12. The van der Waals surface area contributed by atoms with Crippen LogP contribution in [0.5, 0.6) is 0 Å². The number of amidine groups is 1. The monoisotopic (exact) mass is 404 g/mol. The van der Waals surface area contributed by atoms with E-state index in [2.05, 4.69) is 31.1 Å². The lowest BCUT2D eigenvalue weighted by molar-refractivity contribution is 0.145. The van der Waals surface area contributed by atoms with Crippen LogP contribution in [0, 0.1) is 5.92 Å². The minimum atomic E-state index is -0.188. The summed E-state index contributed by atoms with van der Waals surface area (Å²) < 4.78 is 0. The molecule has 6 heteroatoms. The summed E-state index contributed by atoms with van der Waals surface area (Å²) >= 11 is 2.00. The molecule has 28 heavy (non-hydrogen) atoms. The summed E-state index contributed by atoms with van der Waals surface area (Å²) in [4.78, 5) is 12.4. The predicted molar refractivity (Wildman–Crippen MR) is 119 cm³/mol. The van der Waals surface area contributed by atoms with Crippen LogP contribution in [0.3, 0.4) is 0 Å². The fourth-order valence-electron chi connectivity index (χ4n) is 5.35. The van der Waals surface area contributed by atoms with Crippen LogP contribution >= 0.6 is 11.8 Å². The second kappa shape index (κ2) is 8.88. The van der Waals surface area contributed by atoms with Gasteiger partial charge < -0.3 is 15.3 Å². The zero-order valence-corrected chi connectivity index (χ0v) is 18.4. The summed E-state index contributed by atoms with van der Waals surface area (Å²) in [6.45, 7) is 5.45. The van der Waals surface area contributed by atoms with Gasteiger partial charge in [-0.25, -0.2) is 0 Å². The van der Waals surface area contributed by atoms with Crippen molar-refractivity contribution in [3.8, 4) is 0 Å². The average molecular weight is 405 g/mol. The molecule has 2 N–H and O–H groups in total. The smallest absolute Gasteiger partial charge is 0.132 e. The van der Waals surface area contributed by atoms with E-state index in [1.807, 2.05) is 18.1 Å². The average Bonchev–Trinajstić information content (AvgIpc) is 3.28. The van der Waals surface area contributed by atoms with Gasteiger partial charge in [0.15, 0.2) is 0 Å². The zero-order chi connectivity index (χ0) is 19.7. The first-order valence-electron chi connectivity index (χ1n) is 11.2. The van der Waals surface area contributed by atoms with Crippen molar-refractivity contribution in [2.24, 2.45) is 15.9 Å². The quantitative estimate of drug-likeness (QED) is 0.710. The second-order valence-electron chi connectivity index (χ2n) is 8.85. The standard InChI is InChI=1S/C22H36N4OS/c1-4-17(27)12-14-6-11-18-19(14)20-21(23-13-24-22(20)28-18)25-15-7-9-16(10-8-15)26(3)5-2/h13-18,22,27H,4-12H2,1-3H3,(H,23,24,25). The summed E-state index contributed by atoms with van der Waals surface area (Å²) in [5.74, 6) is 1.58. The lowest BCUT2D eigenvalue weighted by Gasteiger charge is -2.33. The number of aliphatic imine (C=N–C) groups is 2. The first-order valence-corrected chi connectivity index (χ1v) is 12.2. The third kappa shape index (κ3) is 4.05. The van der Waals surface area contributed by atoms with Gasteiger partial charge in [-0.15, -0.1) is 11.8 Å². The van der Waals surface area contributed by atoms with E-state index in [1.165, 1.54) is 44.1 Å². The van der Waals surface area contributed by atoms with Crippen molar-refractivity contribution >= 4 is 23.9 Å². The summed E-state index contributed by atoms with van der Waals surface area (Å²) in [7, 11) is 2.24. The molecule has 2 heterocycles. The van der Waals surface area contributed by atoms with Gasteiger partial charge in [-0.05, 0) is 76.5 Å². The van der Waals surface area contributed by atoms with E-state index in [0.717, 1.165) is 31.3 Å². The van der Waals surface area contributed by atoms with E-state index < -0.39 is 0 Å². The van der Waals surface area contributed by atoms with Gasteiger partial charge in [0, 0.05) is 16.9 Å². The summed E-state index contributed by atoms with van der Waals surface area (Å²) in [5.41, 5.74) is 2.90. The molecule has 2 aliphatic heterocycles. The Morgan fingerprint density at radius 3 is 2.75 bits per heavy atom. The topological polar surface area (TPSA) is 60.2 Å². The maximum Gasteiger partial charge on any atom is 0.132 e. The highest BCUT2D eigenvalue weighted by Gasteiger charge is 2.45. The molecule has 5 nitrogen and oxygen atoms in total. The van der Waals surface area contributed by atoms with Gasteiger partial charge >= 0.3 is 0 Å². The molecule has 0 aromatic heterocycles. The van der Waals surface area contributed by atoms with E-state index in [-0.39, 0.29) is 11.5 Å². The van der Waals surface area contributed by atoms with Gasteiger partial charge in [-0.1, -0.05) is 13.8 Å². The minimum Gasteiger partial charge on any atom is -0.393 e.